The highest BCUT2D eigenvalue weighted by Gasteiger charge is 2.22. The molecule has 0 fully saturated rings. The number of fused-ring (bicyclic) bond motifs is 14. The molecular weight excluding hydrogens is 959 g/mol. The van der Waals surface area contributed by atoms with Crippen molar-refractivity contribution in [2.45, 2.75) is 25.2 Å². The van der Waals surface area contributed by atoms with Crippen molar-refractivity contribution in [3.63, 3.8) is 0 Å². The van der Waals surface area contributed by atoms with E-state index in [0.717, 1.165) is 19.3 Å². The number of allylic oxidation sites excluding steroid dienone is 5. The van der Waals surface area contributed by atoms with Gasteiger partial charge in [-0.25, -0.2) is 0 Å². The van der Waals surface area contributed by atoms with Gasteiger partial charge in [-0.1, -0.05) is 152 Å². The highest BCUT2D eigenvalue weighted by molar-refractivity contribution is 7.37. The van der Waals surface area contributed by atoms with E-state index in [1.807, 2.05) is 45.3 Å². The molecule has 0 spiro atoms. The number of nitrogens with zero attached hydrogens (tertiary/aromatic N) is 1. The van der Waals surface area contributed by atoms with Crippen LogP contribution in [0.2, 0.25) is 0 Å². The summed E-state index contributed by atoms with van der Waals surface area (Å²) in [6.45, 7) is 0. The number of hydrogen-bond donors (Lipinski definition) is 0. The van der Waals surface area contributed by atoms with Crippen LogP contribution in [0.5, 0.6) is 0 Å². The van der Waals surface area contributed by atoms with Gasteiger partial charge in [0.25, 0.3) is 0 Å². The van der Waals surface area contributed by atoms with Crippen LogP contribution in [0, 0.1) is 0 Å². The fraction of sp³-hybridized carbons (Fsp3) is 0.0588. The van der Waals surface area contributed by atoms with Crippen LogP contribution < -0.4 is 0 Å². The van der Waals surface area contributed by atoms with Crippen molar-refractivity contribution in [2.75, 3.05) is 0 Å². The Kier molecular flexibility index (Phi) is 9.44. The number of rotatable bonds is 6. The molecule has 14 aromatic rings. The first-order chi connectivity index (χ1) is 36.1. The SMILES string of the molecule is C1=Cc2cccc(-c3ccc4c(c3)c3cc(C5C=C(c6ccccc6)C=CC5)ccc3n4-c3cc(-c4ccc5c(c4)sc4c6ccccc6sc54)cc(-c4ccc5c(c4)sc4c6ccccc6sc54)c3)c2CC1. The van der Waals surface area contributed by atoms with Gasteiger partial charge in [0.15, 0.2) is 0 Å². The van der Waals surface area contributed by atoms with Crippen LogP contribution in [0.15, 0.2) is 212 Å². The van der Waals surface area contributed by atoms with Gasteiger partial charge in [0.05, 0.1) is 29.8 Å². The molecule has 0 saturated carbocycles. The lowest BCUT2D eigenvalue weighted by Crippen LogP contribution is -2.00. The van der Waals surface area contributed by atoms with Crippen molar-refractivity contribution >= 4 is 138 Å². The molecule has 0 radical (unpaired) electrons. The van der Waals surface area contributed by atoms with Gasteiger partial charge in [-0.05, 0) is 147 Å². The summed E-state index contributed by atoms with van der Waals surface area (Å²) in [5.41, 5.74) is 17.8. The van der Waals surface area contributed by atoms with E-state index in [0.29, 0.717) is 0 Å². The molecule has 0 amide bonds. The van der Waals surface area contributed by atoms with Gasteiger partial charge >= 0.3 is 0 Å². The van der Waals surface area contributed by atoms with E-state index in [2.05, 4.69) is 223 Å². The molecule has 16 rings (SSSR count). The van der Waals surface area contributed by atoms with Gasteiger partial charge < -0.3 is 4.57 Å². The second-order valence-electron chi connectivity index (χ2n) is 19.8. The van der Waals surface area contributed by atoms with Gasteiger partial charge in [0, 0.05) is 62.7 Å². The van der Waals surface area contributed by atoms with Crippen LogP contribution in [0.4, 0.5) is 0 Å². The summed E-state index contributed by atoms with van der Waals surface area (Å²) in [4.78, 5) is 0. The summed E-state index contributed by atoms with van der Waals surface area (Å²) >= 11 is 7.71. The monoisotopic (exact) mass is 1000 g/mol. The van der Waals surface area contributed by atoms with Crippen LogP contribution in [-0.2, 0) is 6.42 Å². The molecule has 2 aliphatic rings. The third kappa shape index (κ3) is 6.69. The zero-order chi connectivity index (χ0) is 47.7. The highest BCUT2D eigenvalue weighted by Crippen LogP contribution is 2.48. The molecule has 5 heterocycles. The van der Waals surface area contributed by atoms with Crippen LogP contribution in [0.1, 0.15) is 41.0 Å². The van der Waals surface area contributed by atoms with Crippen molar-refractivity contribution in [3.05, 3.63) is 235 Å². The van der Waals surface area contributed by atoms with Gasteiger partial charge in [-0.2, -0.15) is 0 Å². The predicted octanol–water partition coefficient (Wildman–Crippen LogP) is 21.0. The van der Waals surface area contributed by atoms with Crippen LogP contribution >= 0.6 is 45.3 Å². The second kappa shape index (κ2) is 16.4. The van der Waals surface area contributed by atoms with E-state index >= 15 is 0 Å². The summed E-state index contributed by atoms with van der Waals surface area (Å²) in [6.07, 6.45) is 14.9. The Bertz CT molecular complexity index is 4550. The summed E-state index contributed by atoms with van der Waals surface area (Å²) in [6, 6.07) is 71.7. The molecule has 9 aromatic carbocycles. The largest absolute Gasteiger partial charge is 0.309 e. The number of thiophene rings is 4. The van der Waals surface area contributed by atoms with Crippen molar-refractivity contribution in [3.8, 4) is 39.1 Å². The Balaban J connectivity index is 0.917. The molecule has 1 nitrogen and oxygen atoms in total. The molecule has 344 valence electrons. The molecule has 5 heteroatoms. The van der Waals surface area contributed by atoms with E-state index in [4.69, 9.17) is 0 Å². The lowest BCUT2D eigenvalue weighted by Gasteiger charge is -2.18. The topological polar surface area (TPSA) is 4.93 Å². The van der Waals surface area contributed by atoms with Crippen LogP contribution in [0.3, 0.4) is 0 Å². The minimum atomic E-state index is 0.273. The molecule has 0 bridgehead atoms. The molecule has 0 saturated heterocycles. The Morgan fingerprint density at radius 2 is 1.00 bits per heavy atom. The molecule has 0 aliphatic heterocycles. The Morgan fingerprint density at radius 3 is 1.70 bits per heavy atom. The second-order valence-corrected chi connectivity index (χ2v) is 24.0. The van der Waals surface area contributed by atoms with E-state index in [1.165, 1.54) is 148 Å². The van der Waals surface area contributed by atoms with Gasteiger partial charge in [0.2, 0.25) is 0 Å². The first-order valence-electron chi connectivity index (χ1n) is 25.3. The summed E-state index contributed by atoms with van der Waals surface area (Å²) in [7, 11) is 0. The average Bonchev–Trinajstić information content (AvgIpc) is 4.27. The van der Waals surface area contributed by atoms with Gasteiger partial charge in [-0.15, -0.1) is 45.3 Å². The Hall–Kier alpha value is -7.64. The van der Waals surface area contributed by atoms with Crippen molar-refractivity contribution in [1.82, 2.24) is 4.57 Å². The van der Waals surface area contributed by atoms with Gasteiger partial charge in [-0.3, -0.25) is 0 Å². The van der Waals surface area contributed by atoms with E-state index in [-0.39, 0.29) is 5.92 Å². The van der Waals surface area contributed by atoms with Crippen LogP contribution in [-0.4, -0.2) is 4.57 Å². The quantitative estimate of drug-likeness (QED) is 0.156. The maximum absolute atomic E-state index is 2.55. The van der Waals surface area contributed by atoms with Crippen molar-refractivity contribution in [2.24, 2.45) is 0 Å². The lowest BCUT2D eigenvalue weighted by molar-refractivity contribution is 0.859. The summed E-state index contributed by atoms with van der Waals surface area (Å²) in [5, 5.41) is 7.99. The van der Waals surface area contributed by atoms with E-state index in [9.17, 15) is 0 Å². The van der Waals surface area contributed by atoms with Gasteiger partial charge in [0.1, 0.15) is 0 Å². The molecule has 1 atom stereocenters. The zero-order valence-corrected chi connectivity index (χ0v) is 42.8. The molecular formula is C68H43NS4. The standard InChI is InChI=1S/C68H43NS4/c1-2-12-40(13-3-1)42-16-10-17-43(32-42)44-26-30-59-57(36-44)58-37-47(52-21-11-15-41-14-4-5-18-51(41)52)27-31-60(58)69(59)50-34-48(45-24-28-55-63(38-45)72-65-53-19-6-8-22-61(53)70-67(55)65)33-49(35-50)46-25-29-56-64(39-46)73-66-54-20-7-9-23-62(54)71-68(56)66/h1-4,6-16,19-39,43H,5,17-18H2. The minimum absolute atomic E-state index is 0.273. The molecule has 2 aliphatic carbocycles. The molecule has 73 heavy (non-hydrogen) atoms. The molecule has 0 N–H and O–H groups in total. The first-order valence-corrected chi connectivity index (χ1v) is 28.5. The zero-order valence-electron chi connectivity index (χ0n) is 39.6. The lowest BCUT2D eigenvalue weighted by atomic mass is 9.86. The maximum Gasteiger partial charge on any atom is 0.0542 e. The van der Waals surface area contributed by atoms with E-state index in [1.54, 1.807) is 0 Å². The number of benzene rings is 9. The first kappa shape index (κ1) is 41.9. The number of aromatic nitrogens is 1. The third-order valence-corrected chi connectivity index (χ3v) is 20.6. The van der Waals surface area contributed by atoms with E-state index < -0.39 is 0 Å². The summed E-state index contributed by atoms with van der Waals surface area (Å²) in [5.74, 6) is 0.273. The number of hydrogen-bond acceptors (Lipinski definition) is 4. The third-order valence-electron chi connectivity index (χ3n) is 15.6. The Morgan fingerprint density at radius 1 is 0.397 bits per heavy atom. The van der Waals surface area contributed by atoms with Crippen molar-refractivity contribution < 1.29 is 0 Å². The Labute approximate surface area is 438 Å². The minimum Gasteiger partial charge on any atom is -0.309 e. The fourth-order valence-electron chi connectivity index (χ4n) is 12.0. The fourth-order valence-corrected chi connectivity index (χ4v) is 17.4. The maximum atomic E-state index is 2.55. The molecule has 1 unspecified atom stereocenters. The average molecular weight is 1000 g/mol. The predicted molar refractivity (Wildman–Crippen MR) is 322 cm³/mol. The van der Waals surface area contributed by atoms with Crippen LogP contribution in [0.25, 0.3) is 132 Å². The van der Waals surface area contributed by atoms with Crippen molar-refractivity contribution in [1.29, 1.82) is 0 Å². The highest BCUT2D eigenvalue weighted by atomic mass is 32.1. The molecule has 5 aromatic heterocycles. The normalized spacial score (nSPS) is 14.8. The smallest absolute Gasteiger partial charge is 0.0542 e. The summed E-state index contributed by atoms with van der Waals surface area (Å²) < 4.78 is 13.5.